The van der Waals surface area contributed by atoms with E-state index in [4.69, 9.17) is 10.2 Å². The number of nitrogens with two attached hydrogens (primary N) is 1. The van der Waals surface area contributed by atoms with Crippen molar-refractivity contribution in [1.82, 2.24) is 4.98 Å². The lowest BCUT2D eigenvalue weighted by molar-refractivity contribution is 0.466. The Morgan fingerprint density at radius 1 is 1.07 bits per heavy atom. The first kappa shape index (κ1) is 18.6. The third kappa shape index (κ3) is 3.20. The minimum absolute atomic E-state index is 0.144. The summed E-state index contributed by atoms with van der Waals surface area (Å²) < 4.78 is 5.97. The van der Waals surface area contributed by atoms with Gasteiger partial charge < -0.3 is 10.2 Å². The highest BCUT2D eigenvalue weighted by Gasteiger charge is 2.29. The number of aromatic nitrogens is 1. The molecule has 0 spiro atoms. The molecule has 140 valence electrons. The fourth-order valence-corrected chi connectivity index (χ4v) is 4.21. The molecule has 5 nitrogen and oxygen atoms in total. The minimum atomic E-state index is 0.144. The molecule has 0 saturated heterocycles. The number of furan rings is 1. The Labute approximate surface area is 172 Å². The zero-order valence-corrected chi connectivity index (χ0v) is 16.7. The summed E-state index contributed by atoms with van der Waals surface area (Å²) in [6.45, 7) is 3.70. The molecule has 2 N–H and O–H groups in total. The Kier molecular flexibility index (Phi) is 4.72. The van der Waals surface area contributed by atoms with Crippen LogP contribution in [0.15, 0.2) is 62.4 Å². The maximum absolute atomic E-state index is 9.64. The van der Waals surface area contributed by atoms with Gasteiger partial charge in [-0.25, -0.2) is 4.98 Å². The van der Waals surface area contributed by atoms with Crippen molar-refractivity contribution < 1.29 is 4.42 Å². The highest BCUT2D eigenvalue weighted by molar-refractivity contribution is 7.99. The van der Waals surface area contributed by atoms with Gasteiger partial charge in [0, 0.05) is 10.5 Å². The summed E-state index contributed by atoms with van der Waals surface area (Å²) in [6, 6.07) is 18.1. The van der Waals surface area contributed by atoms with Crippen LogP contribution < -0.4 is 5.73 Å². The molecule has 6 heteroatoms. The van der Waals surface area contributed by atoms with E-state index in [1.807, 2.05) is 62.4 Å². The second-order valence-corrected chi connectivity index (χ2v) is 7.65. The number of allylic oxidation sites excluding steroid dienone is 3. The lowest BCUT2D eigenvalue weighted by atomic mass is 9.96. The average Bonchev–Trinajstić information content (AvgIpc) is 3.25. The van der Waals surface area contributed by atoms with Crippen molar-refractivity contribution in [2.75, 3.05) is 5.73 Å². The number of nitrogen functional groups attached to an aromatic ring is 1. The summed E-state index contributed by atoms with van der Waals surface area (Å²) in [6.07, 6.45) is 1.89. The van der Waals surface area contributed by atoms with Crippen molar-refractivity contribution in [3.63, 3.8) is 0 Å². The first-order chi connectivity index (χ1) is 14.0. The number of fused-ring (bicyclic) bond motifs is 1. The predicted molar refractivity (Wildman–Crippen MR) is 113 cm³/mol. The van der Waals surface area contributed by atoms with Gasteiger partial charge in [0.05, 0.1) is 16.8 Å². The van der Waals surface area contributed by atoms with Crippen molar-refractivity contribution in [3.05, 3.63) is 76.2 Å². The van der Waals surface area contributed by atoms with Crippen LogP contribution in [0.5, 0.6) is 0 Å². The van der Waals surface area contributed by atoms with Crippen LogP contribution in [-0.4, -0.2) is 4.98 Å². The molecular weight excluding hydrogens is 380 g/mol. The number of hydrogen-bond donors (Lipinski definition) is 1. The summed E-state index contributed by atoms with van der Waals surface area (Å²) >= 11 is 1.54. The van der Waals surface area contributed by atoms with Gasteiger partial charge in [0.1, 0.15) is 23.7 Å². The predicted octanol–water partition coefficient (Wildman–Crippen LogP) is 5.44. The van der Waals surface area contributed by atoms with Gasteiger partial charge in [-0.15, -0.1) is 0 Å². The third-order valence-corrected chi connectivity index (χ3v) is 5.76. The van der Waals surface area contributed by atoms with Crippen LogP contribution in [0.1, 0.15) is 35.1 Å². The molecule has 0 unspecified atom stereocenters. The topological polar surface area (TPSA) is 99.6 Å². The fourth-order valence-electron chi connectivity index (χ4n) is 3.41. The van der Waals surface area contributed by atoms with Gasteiger partial charge in [-0.2, -0.15) is 10.5 Å². The molecule has 0 amide bonds. The van der Waals surface area contributed by atoms with Gasteiger partial charge in [-0.3, -0.25) is 0 Å². The third-order valence-electron chi connectivity index (χ3n) is 4.83. The number of pyridine rings is 1. The minimum Gasteiger partial charge on any atom is -0.450 e. The van der Waals surface area contributed by atoms with Crippen molar-refractivity contribution in [1.29, 1.82) is 10.5 Å². The smallest absolute Gasteiger partial charge is 0.165 e. The van der Waals surface area contributed by atoms with Crippen LogP contribution in [0.4, 0.5) is 5.82 Å². The summed E-state index contributed by atoms with van der Waals surface area (Å²) in [5.41, 5.74) is 10.4. The number of nitrogens with zero attached hydrogens (tertiary/aromatic N) is 3. The number of hydrogen-bond acceptors (Lipinski definition) is 6. The van der Waals surface area contributed by atoms with E-state index in [0.717, 1.165) is 32.3 Å². The first-order valence-electron chi connectivity index (χ1n) is 8.90. The lowest BCUT2D eigenvalue weighted by Crippen LogP contribution is -2.03. The lowest BCUT2D eigenvalue weighted by Gasteiger charge is -2.10. The van der Waals surface area contributed by atoms with Crippen LogP contribution >= 0.6 is 11.8 Å². The Morgan fingerprint density at radius 3 is 2.52 bits per heavy atom. The molecule has 4 rings (SSSR count). The van der Waals surface area contributed by atoms with E-state index in [0.29, 0.717) is 22.6 Å². The molecule has 1 aliphatic rings. The molecule has 0 radical (unpaired) electrons. The van der Waals surface area contributed by atoms with Gasteiger partial charge in [-0.05, 0) is 60.9 Å². The SMILES string of the molecule is CC1=C(C#N)c2nc(N)c(C#N)c(C)c2/C1=C/c1ccc(Sc2ccccc2)o1. The van der Waals surface area contributed by atoms with Crippen molar-refractivity contribution in [3.8, 4) is 12.1 Å². The van der Waals surface area contributed by atoms with Crippen LogP contribution in [0.3, 0.4) is 0 Å². The molecule has 0 aliphatic heterocycles. The van der Waals surface area contributed by atoms with Crippen LogP contribution in [0, 0.1) is 29.6 Å². The monoisotopic (exact) mass is 396 g/mol. The summed E-state index contributed by atoms with van der Waals surface area (Å²) in [5, 5.41) is 19.9. The van der Waals surface area contributed by atoms with Gasteiger partial charge in [0.2, 0.25) is 0 Å². The summed E-state index contributed by atoms with van der Waals surface area (Å²) in [5.74, 6) is 0.808. The maximum atomic E-state index is 9.64. The van der Waals surface area contributed by atoms with E-state index in [9.17, 15) is 10.5 Å². The molecule has 29 heavy (non-hydrogen) atoms. The second kappa shape index (κ2) is 7.35. The second-order valence-electron chi connectivity index (χ2n) is 6.57. The average molecular weight is 396 g/mol. The summed E-state index contributed by atoms with van der Waals surface area (Å²) in [4.78, 5) is 5.43. The van der Waals surface area contributed by atoms with E-state index in [1.54, 1.807) is 0 Å². The Morgan fingerprint density at radius 2 is 1.83 bits per heavy atom. The molecular formula is C23H16N4OS. The van der Waals surface area contributed by atoms with Crippen molar-refractivity contribution in [2.24, 2.45) is 0 Å². The van der Waals surface area contributed by atoms with Gasteiger partial charge >= 0.3 is 0 Å². The summed E-state index contributed by atoms with van der Waals surface area (Å²) in [7, 11) is 0. The molecule has 2 aromatic heterocycles. The highest BCUT2D eigenvalue weighted by Crippen LogP contribution is 2.44. The van der Waals surface area contributed by atoms with Crippen LogP contribution in [0.25, 0.3) is 17.2 Å². The first-order valence-corrected chi connectivity index (χ1v) is 9.71. The highest BCUT2D eigenvalue weighted by atomic mass is 32.2. The van der Waals surface area contributed by atoms with E-state index in [1.165, 1.54) is 11.8 Å². The molecule has 0 bridgehead atoms. The van der Waals surface area contributed by atoms with Crippen LogP contribution in [-0.2, 0) is 0 Å². The number of benzene rings is 1. The normalized spacial score (nSPS) is 14.0. The molecule has 3 aromatic rings. The number of anilines is 1. The number of nitriles is 2. The van der Waals surface area contributed by atoms with E-state index >= 15 is 0 Å². The quantitative estimate of drug-likeness (QED) is 0.633. The van der Waals surface area contributed by atoms with E-state index in [2.05, 4.69) is 17.1 Å². The van der Waals surface area contributed by atoms with Crippen LogP contribution in [0.2, 0.25) is 0 Å². The Hall–Kier alpha value is -3.74. The maximum Gasteiger partial charge on any atom is 0.165 e. The standard InChI is InChI=1S/C23H16N4OS/c1-13-17(10-15-8-9-20(28-15)29-16-6-4-3-5-7-16)21-14(2)19(12-25)23(26)27-22(21)18(13)11-24/h3-10H,1-2H3,(H2,26,27)/b17-10+. The molecule has 0 atom stereocenters. The molecule has 1 aliphatic carbocycles. The Balaban J connectivity index is 1.79. The molecule has 1 aromatic carbocycles. The zero-order chi connectivity index (χ0) is 20.5. The Bertz CT molecular complexity index is 1270. The van der Waals surface area contributed by atoms with Gasteiger partial charge in [-0.1, -0.05) is 30.0 Å². The number of rotatable bonds is 3. The molecule has 0 fully saturated rings. The molecule has 2 heterocycles. The fraction of sp³-hybridized carbons (Fsp3) is 0.0870. The van der Waals surface area contributed by atoms with Gasteiger partial charge in [0.25, 0.3) is 0 Å². The van der Waals surface area contributed by atoms with E-state index < -0.39 is 0 Å². The largest absolute Gasteiger partial charge is 0.450 e. The zero-order valence-electron chi connectivity index (χ0n) is 15.9. The van der Waals surface area contributed by atoms with Gasteiger partial charge in [0.15, 0.2) is 5.09 Å². The van der Waals surface area contributed by atoms with Crippen molar-refractivity contribution >= 4 is 34.8 Å². The molecule has 0 saturated carbocycles. The van der Waals surface area contributed by atoms with Crippen molar-refractivity contribution in [2.45, 2.75) is 23.8 Å². The van der Waals surface area contributed by atoms with E-state index in [-0.39, 0.29) is 5.82 Å².